The molecular weight excluding hydrogens is 651 g/mol. The summed E-state index contributed by atoms with van der Waals surface area (Å²) in [6, 6.07) is 14.9. The van der Waals surface area contributed by atoms with Gasteiger partial charge in [0.05, 0.1) is 0 Å². The standard InChI is InChI=1S/3C5H4NOS.2C2H6OS.Pr/c3*7-6-4-2-1-3-5(6)8;2*1-4(2)3;/h3*1-4H;2*1-2H3;/q3*-1;;;+3. The van der Waals surface area contributed by atoms with E-state index in [0.717, 1.165) is 0 Å². The Labute approximate surface area is 247 Å². The quantitative estimate of drug-likeness (QED) is 0.316. The molecule has 3 aromatic heterocycles. The minimum absolute atomic E-state index is 0. The fourth-order valence-electron chi connectivity index (χ4n) is 1.24. The zero-order valence-electron chi connectivity index (χ0n) is 18.4. The van der Waals surface area contributed by atoms with Gasteiger partial charge in [-0.25, -0.2) is 0 Å². The topological polar surface area (TPSA) is 118 Å². The predicted molar refractivity (Wildman–Crippen MR) is 142 cm³/mol. The molecule has 3 aromatic rings. The second-order valence-electron chi connectivity index (χ2n) is 5.58. The van der Waals surface area contributed by atoms with Gasteiger partial charge >= 0.3 is 41.3 Å². The third-order valence-corrected chi connectivity index (χ3v) is 3.31. The van der Waals surface area contributed by atoms with Crippen LogP contribution in [0.5, 0.6) is 0 Å². The van der Waals surface area contributed by atoms with Crippen molar-refractivity contribution < 1.29 is 49.7 Å². The molecule has 0 fully saturated rings. The molecule has 0 amide bonds. The van der Waals surface area contributed by atoms with E-state index in [1.54, 1.807) is 79.6 Å². The second-order valence-corrected chi connectivity index (χ2v) is 9.80. The van der Waals surface area contributed by atoms with Gasteiger partial charge in [0, 0.05) is 46.6 Å². The third-order valence-electron chi connectivity index (χ3n) is 2.37. The van der Waals surface area contributed by atoms with Crippen molar-refractivity contribution in [3.05, 3.63) is 103 Å². The second kappa shape index (κ2) is 22.9. The van der Waals surface area contributed by atoms with Gasteiger partial charge in [-0.05, 0) is 55.0 Å². The number of pyridine rings is 3. The maximum atomic E-state index is 10.4. The maximum Gasteiger partial charge on any atom is 3.00 e. The van der Waals surface area contributed by atoms with Gasteiger partial charge in [-0.1, -0.05) is 54.9 Å². The predicted octanol–water partition coefficient (Wildman–Crippen LogP) is 4.68. The van der Waals surface area contributed by atoms with Crippen LogP contribution in [0.25, 0.3) is 0 Å². The Morgan fingerprint density at radius 3 is 0.848 bits per heavy atom. The molecule has 0 spiro atoms. The van der Waals surface area contributed by atoms with Crippen LogP contribution in [0.4, 0.5) is 0 Å². The fraction of sp³-hybridized carbons (Fsp3) is 0.211. The fourth-order valence-corrected chi connectivity index (χ4v) is 1.66. The molecule has 8 nitrogen and oxygen atoms in total. The molecular formula is C19H24N3O5PrS5. The molecule has 33 heavy (non-hydrogen) atoms. The Hall–Kier alpha value is -0.826. The summed E-state index contributed by atoms with van der Waals surface area (Å²) in [5, 5.41) is 31.3. The van der Waals surface area contributed by atoms with Crippen LogP contribution in [0, 0.1) is 70.8 Å². The summed E-state index contributed by atoms with van der Waals surface area (Å²) in [4.78, 5) is 0. The maximum absolute atomic E-state index is 10.4. The third kappa shape index (κ3) is 25.6. The Kier molecular flexibility index (Phi) is 25.5. The molecule has 3 heterocycles. The van der Waals surface area contributed by atoms with E-state index in [0.29, 0.717) is 28.1 Å². The molecule has 0 atom stereocenters. The van der Waals surface area contributed by atoms with E-state index in [2.05, 4.69) is 36.7 Å². The van der Waals surface area contributed by atoms with Crippen molar-refractivity contribution in [2.75, 3.05) is 25.0 Å². The summed E-state index contributed by atoms with van der Waals surface area (Å²) in [7, 11) is -1.22. The summed E-state index contributed by atoms with van der Waals surface area (Å²) >= 11 is 13.8. The minimum Gasteiger partial charge on any atom is -0.805 e. The van der Waals surface area contributed by atoms with E-state index < -0.39 is 21.6 Å². The number of nitrogens with zero attached hydrogens (tertiary/aromatic N) is 3. The molecule has 178 valence electrons. The molecule has 0 aliphatic rings. The number of hydrogen-bond acceptors (Lipinski definition) is 8. The van der Waals surface area contributed by atoms with Gasteiger partial charge in [0.1, 0.15) is 13.9 Å². The zero-order chi connectivity index (χ0) is 25.1. The van der Waals surface area contributed by atoms with Crippen molar-refractivity contribution in [2.45, 2.75) is 0 Å². The van der Waals surface area contributed by atoms with E-state index >= 15 is 0 Å². The number of aromatic nitrogens is 3. The molecule has 0 unspecified atom stereocenters. The Bertz CT molecular complexity index is 992. The van der Waals surface area contributed by atoms with Crippen molar-refractivity contribution in [3.63, 3.8) is 0 Å². The van der Waals surface area contributed by atoms with Crippen LogP contribution in [0.15, 0.2) is 73.2 Å². The SMILES string of the molecule is CS(C)=O.CS(C)=O.[O-]n1ccccc1=S.[O-]n1ccccc1=S.[O-]n1ccccc1=S.[Pr+3]. The summed E-state index contributed by atoms with van der Waals surface area (Å²) in [6.45, 7) is 0. The van der Waals surface area contributed by atoms with Crippen molar-refractivity contribution >= 4 is 58.3 Å². The molecule has 0 aromatic carbocycles. The van der Waals surface area contributed by atoms with Crippen molar-refractivity contribution in [1.29, 1.82) is 0 Å². The largest absolute Gasteiger partial charge is 3.00 e. The Morgan fingerprint density at radius 1 is 0.576 bits per heavy atom. The monoisotopic (exact) mass is 675 g/mol. The average molecular weight is 676 g/mol. The molecule has 0 aliphatic heterocycles. The van der Waals surface area contributed by atoms with E-state index in [1.165, 1.54) is 18.6 Å². The normalized spacial score (nSPS) is 8.67. The summed E-state index contributed by atoms with van der Waals surface area (Å²) in [6.07, 6.45) is 10.7. The van der Waals surface area contributed by atoms with Gasteiger partial charge in [-0.3, -0.25) is 8.42 Å². The molecule has 0 aliphatic carbocycles. The first-order chi connectivity index (χ1) is 14.9. The molecule has 0 N–H and O–H groups in total. The number of rotatable bonds is 0. The van der Waals surface area contributed by atoms with Gasteiger partial charge in [0.2, 0.25) is 0 Å². The van der Waals surface area contributed by atoms with Crippen LogP contribution >= 0.6 is 36.7 Å². The molecule has 0 saturated carbocycles. The summed E-state index contributed by atoms with van der Waals surface area (Å²) in [5.74, 6) is 0. The van der Waals surface area contributed by atoms with Crippen LogP contribution in [0.2, 0.25) is 0 Å². The van der Waals surface area contributed by atoms with Crippen molar-refractivity contribution in [2.24, 2.45) is 0 Å². The Morgan fingerprint density at radius 2 is 0.758 bits per heavy atom. The van der Waals surface area contributed by atoms with E-state index in [4.69, 9.17) is 0 Å². The molecule has 3 rings (SSSR count). The molecule has 0 bridgehead atoms. The van der Waals surface area contributed by atoms with E-state index in [9.17, 15) is 24.0 Å². The van der Waals surface area contributed by atoms with Crippen LogP contribution in [0.1, 0.15) is 0 Å². The number of hydrogen-bond donors (Lipinski definition) is 0. The first-order valence-electron chi connectivity index (χ1n) is 8.44. The molecule has 0 radical (unpaired) electrons. The van der Waals surface area contributed by atoms with Crippen LogP contribution in [-0.2, 0) is 21.6 Å². The minimum atomic E-state index is -0.611. The summed E-state index contributed by atoms with van der Waals surface area (Å²) < 4.78 is 22.0. The van der Waals surface area contributed by atoms with Crippen molar-refractivity contribution in [3.8, 4) is 0 Å². The van der Waals surface area contributed by atoms with Crippen molar-refractivity contribution in [1.82, 2.24) is 14.2 Å². The van der Waals surface area contributed by atoms with Gasteiger partial charge in [-0.15, -0.1) is 0 Å². The van der Waals surface area contributed by atoms with Crippen LogP contribution in [-0.4, -0.2) is 47.6 Å². The zero-order valence-corrected chi connectivity index (χ0v) is 26.2. The van der Waals surface area contributed by atoms with E-state index in [1.807, 2.05) is 0 Å². The van der Waals surface area contributed by atoms with Gasteiger partial charge in [-0.2, -0.15) is 0 Å². The Balaban J connectivity index is -0.000000350. The first kappa shape index (κ1) is 36.7. The van der Waals surface area contributed by atoms with Gasteiger partial charge < -0.3 is 29.8 Å². The van der Waals surface area contributed by atoms with Gasteiger partial charge in [0.15, 0.2) is 0 Å². The summed E-state index contributed by atoms with van der Waals surface area (Å²) in [5.41, 5.74) is 0. The first-order valence-corrected chi connectivity index (χ1v) is 13.6. The van der Waals surface area contributed by atoms with Gasteiger partial charge in [0.25, 0.3) is 0 Å². The van der Waals surface area contributed by atoms with E-state index in [-0.39, 0.29) is 41.3 Å². The van der Waals surface area contributed by atoms with Crippen LogP contribution in [0.3, 0.4) is 0 Å². The average Bonchev–Trinajstić information content (AvgIpc) is 2.69. The molecule has 0 saturated heterocycles. The van der Waals surface area contributed by atoms with Crippen LogP contribution < -0.4 is 0 Å². The molecule has 14 heteroatoms. The smallest absolute Gasteiger partial charge is 0.805 e.